The maximum Gasteiger partial charge on any atom is 0.235 e. The number of amides is 1. The number of hydrogen-bond acceptors (Lipinski definition) is 10. The molecule has 4 N–H and O–H groups in total. The van der Waals surface area contributed by atoms with Gasteiger partial charge in [-0.25, -0.2) is 0 Å². The lowest BCUT2D eigenvalue weighted by Gasteiger charge is -2.52. The molecular weight excluding hydrogens is 564 g/mol. The van der Waals surface area contributed by atoms with E-state index in [2.05, 4.69) is 29.0 Å². The van der Waals surface area contributed by atoms with E-state index in [0.717, 1.165) is 49.4 Å². The van der Waals surface area contributed by atoms with Crippen molar-refractivity contribution in [1.29, 1.82) is 0 Å². The third-order valence-electron chi connectivity index (χ3n) is 10.2. The Morgan fingerprint density at radius 3 is 2.27 bits per heavy atom. The normalized spacial score (nSPS) is 31.1. The second kappa shape index (κ2) is 11.0. The number of phenolic OH excluding ortho intramolecular Hbond substituents is 1. The van der Waals surface area contributed by atoms with Gasteiger partial charge in [-0.1, -0.05) is 30.3 Å². The fourth-order valence-electron chi connectivity index (χ4n) is 7.93. The number of nitrogens with two attached hydrogens (primary N) is 1. The Kier molecular flexibility index (Phi) is 7.56. The summed E-state index contributed by atoms with van der Waals surface area (Å²) >= 11 is 0. The summed E-state index contributed by atoms with van der Waals surface area (Å²) in [7, 11) is 5.26. The van der Waals surface area contributed by atoms with Gasteiger partial charge >= 0.3 is 0 Å². The highest BCUT2D eigenvalue weighted by atomic mass is 16.3. The van der Waals surface area contributed by atoms with E-state index >= 15 is 0 Å². The first kappa shape index (κ1) is 30.3. The van der Waals surface area contributed by atoms with Gasteiger partial charge in [0, 0.05) is 38.6 Å². The fourth-order valence-corrected chi connectivity index (χ4v) is 7.93. The zero-order chi connectivity index (χ0) is 31.7. The Balaban J connectivity index is 1.35. The zero-order valence-corrected chi connectivity index (χ0v) is 25.2. The van der Waals surface area contributed by atoms with E-state index in [4.69, 9.17) is 5.73 Å². The first-order chi connectivity index (χ1) is 20.8. The number of rotatable bonds is 5. The number of piperazine rings is 1. The van der Waals surface area contributed by atoms with Gasteiger partial charge in [-0.15, -0.1) is 0 Å². The van der Waals surface area contributed by atoms with Crippen LogP contribution in [0, 0.1) is 23.7 Å². The van der Waals surface area contributed by atoms with Crippen LogP contribution in [0.15, 0.2) is 36.4 Å². The third-order valence-corrected chi connectivity index (χ3v) is 10.2. The van der Waals surface area contributed by atoms with Crippen molar-refractivity contribution < 1.29 is 34.2 Å². The number of likely N-dealkylation sites (N-methyl/N-ethyl adjacent to an activating group) is 2. The summed E-state index contributed by atoms with van der Waals surface area (Å²) in [6.45, 7) is 4.88. The molecule has 2 saturated carbocycles. The molecule has 3 aliphatic carbocycles. The number of fused-ring (bicyclic) bond motifs is 3. The highest BCUT2D eigenvalue weighted by Gasteiger charge is 2.69. The van der Waals surface area contributed by atoms with Crippen LogP contribution in [0.1, 0.15) is 27.9 Å². The SMILES string of the molecule is CN1CCN(Cc2ccc(-c3ccc(O)c4c3C[C@H]3C[C@H]5[C@H](N(C)C)C(=O)C(C(N)=O)C(=O)[C@@]5(O)C(=O)C3C4=O)cc2)CC1. The summed E-state index contributed by atoms with van der Waals surface area (Å²) in [6.07, 6.45) is 0.238. The van der Waals surface area contributed by atoms with Crippen LogP contribution in [-0.4, -0.2) is 113 Å². The van der Waals surface area contributed by atoms with Gasteiger partial charge < -0.3 is 20.8 Å². The van der Waals surface area contributed by atoms with Gasteiger partial charge in [0.25, 0.3) is 0 Å². The van der Waals surface area contributed by atoms with Crippen LogP contribution in [0.25, 0.3) is 11.1 Å². The highest BCUT2D eigenvalue weighted by molar-refractivity contribution is 6.32. The largest absolute Gasteiger partial charge is 0.507 e. The summed E-state index contributed by atoms with van der Waals surface area (Å²) in [5.41, 5.74) is 6.00. The van der Waals surface area contributed by atoms with Crippen LogP contribution in [0.2, 0.25) is 0 Å². The van der Waals surface area contributed by atoms with E-state index in [1.54, 1.807) is 20.2 Å². The molecule has 44 heavy (non-hydrogen) atoms. The Morgan fingerprint density at radius 2 is 1.66 bits per heavy atom. The lowest BCUT2D eigenvalue weighted by Crippen LogP contribution is -2.74. The number of aliphatic hydroxyl groups is 1. The molecule has 1 heterocycles. The number of primary amides is 1. The quantitative estimate of drug-likeness (QED) is 0.406. The van der Waals surface area contributed by atoms with E-state index in [1.165, 1.54) is 11.0 Å². The van der Waals surface area contributed by atoms with Crippen molar-refractivity contribution >= 4 is 29.0 Å². The molecule has 0 radical (unpaired) electrons. The second-order valence-corrected chi connectivity index (χ2v) is 13.1. The number of carbonyl (C=O) groups excluding carboxylic acids is 5. The number of nitrogens with zero attached hydrogens (tertiary/aromatic N) is 3. The average molecular weight is 603 g/mol. The van der Waals surface area contributed by atoms with Gasteiger partial charge in [0.05, 0.1) is 17.5 Å². The molecule has 0 bridgehead atoms. The van der Waals surface area contributed by atoms with Crippen LogP contribution in [-0.2, 0) is 32.1 Å². The van der Waals surface area contributed by atoms with E-state index in [9.17, 15) is 34.2 Å². The number of Topliss-reactive ketones (excluding diaryl/α,β-unsaturated/α-hetero) is 4. The molecule has 0 spiro atoms. The van der Waals surface area contributed by atoms with E-state index in [-0.39, 0.29) is 24.2 Å². The Labute approximate surface area is 255 Å². The van der Waals surface area contributed by atoms with Crippen molar-refractivity contribution in [2.75, 3.05) is 47.3 Å². The van der Waals surface area contributed by atoms with Gasteiger partial charge in [0.1, 0.15) is 5.75 Å². The molecule has 11 heteroatoms. The minimum Gasteiger partial charge on any atom is -0.507 e. The average Bonchev–Trinajstić information content (AvgIpc) is 2.96. The molecule has 3 fully saturated rings. The number of carbonyl (C=O) groups is 5. The van der Waals surface area contributed by atoms with Crippen LogP contribution in [0.3, 0.4) is 0 Å². The monoisotopic (exact) mass is 602 g/mol. The van der Waals surface area contributed by atoms with Crippen LogP contribution in [0.4, 0.5) is 0 Å². The first-order valence-corrected chi connectivity index (χ1v) is 15.0. The fraction of sp³-hybridized carbons (Fsp3) is 0.485. The Bertz CT molecular complexity index is 1560. The maximum atomic E-state index is 14.0. The van der Waals surface area contributed by atoms with E-state index < -0.39 is 64.4 Å². The lowest BCUT2D eigenvalue weighted by molar-refractivity contribution is -0.181. The first-order valence-electron chi connectivity index (χ1n) is 15.0. The molecule has 232 valence electrons. The van der Waals surface area contributed by atoms with Gasteiger partial charge in [-0.3, -0.25) is 33.8 Å². The molecule has 0 aromatic heterocycles. The number of hydrogen-bond donors (Lipinski definition) is 3. The molecule has 6 atom stereocenters. The second-order valence-electron chi connectivity index (χ2n) is 13.1. The van der Waals surface area contributed by atoms with Crippen molar-refractivity contribution in [2.45, 2.75) is 31.0 Å². The van der Waals surface area contributed by atoms with Crippen LogP contribution < -0.4 is 5.73 Å². The molecule has 11 nitrogen and oxygen atoms in total. The number of phenols is 1. The summed E-state index contributed by atoms with van der Waals surface area (Å²) < 4.78 is 0. The van der Waals surface area contributed by atoms with Gasteiger partial charge in [0.15, 0.2) is 34.7 Å². The lowest BCUT2D eigenvalue weighted by atomic mass is 9.52. The zero-order valence-electron chi connectivity index (χ0n) is 25.2. The highest BCUT2D eigenvalue weighted by Crippen LogP contribution is 2.51. The van der Waals surface area contributed by atoms with Gasteiger partial charge in [-0.05, 0) is 68.2 Å². The minimum atomic E-state index is -2.73. The summed E-state index contributed by atoms with van der Waals surface area (Å²) in [5, 5.41) is 22.6. The van der Waals surface area contributed by atoms with E-state index in [0.29, 0.717) is 5.56 Å². The predicted molar refractivity (Wildman–Crippen MR) is 160 cm³/mol. The standard InChI is InChI=1S/C33H38N4O7/c1-35(2)27-22-15-19-14-21-20(18-6-4-17(5-7-18)16-37-12-10-36(3)11-13-37)8-9-23(38)25(21)28(39)24(19)30(41)33(22,44)31(42)26(29(27)40)32(34)43/h4-9,19,22,24,26-27,38,44H,10-16H2,1-3H3,(H2,34,43)/t19-,22-,24?,26?,27-,33-/m0/s1. The third kappa shape index (κ3) is 4.61. The molecule has 2 aromatic rings. The van der Waals surface area contributed by atoms with Crippen molar-refractivity contribution in [3.05, 3.63) is 53.1 Å². The molecule has 1 saturated heterocycles. The molecule has 1 aliphatic heterocycles. The van der Waals surface area contributed by atoms with Gasteiger partial charge in [-0.2, -0.15) is 0 Å². The van der Waals surface area contributed by atoms with Crippen LogP contribution in [0.5, 0.6) is 5.75 Å². The molecule has 2 unspecified atom stereocenters. The number of benzene rings is 2. The molecule has 1 amide bonds. The summed E-state index contributed by atoms with van der Waals surface area (Å²) in [5.74, 6) is -10.5. The number of aromatic hydroxyl groups is 1. The van der Waals surface area contributed by atoms with Crippen molar-refractivity contribution in [3.63, 3.8) is 0 Å². The molecule has 2 aromatic carbocycles. The summed E-state index contributed by atoms with van der Waals surface area (Å²) in [6, 6.07) is 10.1. The molecular formula is C33H38N4O7. The van der Waals surface area contributed by atoms with Crippen molar-refractivity contribution in [2.24, 2.45) is 29.4 Å². The van der Waals surface area contributed by atoms with Crippen LogP contribution >= 0.6 is 0 Å². The summed E-state index contributed by atoms with van der Waals surface area (Å²) in [4.78, 5) is 73.1. The van der Waals surface area contributed by atoms with E-state index in [1.807, 2.05) is 12.1 Å². The van der Waals surface area contributed by atoms with Gasteiger partial charge in [0.2, 0.25) is 5.91 Å². The smallest absolute Gasteiger partial charge is 0.235 e. The molecule has 4 aliphatic rings. The topological polar surface area (TPSA) is 162 Å². The maximum absolute atomic E-state index is 14.0. The minimum absolute atomic E-state index is 0.00407. The Hall–Kier alpha value is -3.77. The van der Waals surface area contributed by atoms with Crippen molar-refractivity contribution in [1.82, 2.24) is 14.7 Å². The number of ketones is 4. The Morgan fingerprint density at radius 1 is 1.00 bits per heavy atom. The predicted octanol–water partition coefficient (Wildman–Crippen LogP) is 0.281. The van der Waals surface area contributed by atoms with Crippen molar-refractivity contribution in [3.8, 4) is 16.9 Å². The molecule has 6 rings (SSSR count).